The summed E-state index contributed by atoms with van der Waals surface area (Å²) in [5.41, 5.74) is 18.4. The molecule has 2 nitrogen and oxygen atoms in total. The predicted molar refractivity (Wildman–Crippen MR) is 242 cm³/mol. The number of anilines is 3. The quantitative estimate of drug-likeness (QED) is 0.177. The minimum atomic E-state index is -0.1000. The first-order valence-electron chi connectivity index (χ1n) is 22.6. The Morgan fingerprint density at radius 3 is 2.00 bits per heavy atom. The van der Waals surface area contributed by atoms with Crippen LogP contribution < -0.4 is 9.64 Å². The Morgan fingerprint density at radius 2 is 1.15 bits per heavy atom. The molecule has 6 aromatic carbocycles. The minimum absolute atomic E-state index is 0.0163. The molecule has 294 valence electrons. The first kappa shape index (κ1) is 34.8. The van der Waals surface area contributed by atoms with Gasteiger partial charge < -0.3 is 9.64 Å². The molecule has 4 fully saturated rings. The van der Waals surface area contributed by atoms with Crippen LogP contribution in [0.4, 0.5) is 17.1 Å². The largest absolute Gasteiger partial charge is 0.457 e. The summed E-state index contributed by atoms with van der Waals surface area (Å²) in [5.74, 6) is 5.37. The fourth-order valence-electron chi connectivity index (χ4n) is 15.3. The van der Waals surface area contributed by atoms with Crippen molar-refractivity contribution < 1.29 is 4.74 Å². The number of fused-ring (bicyclic) bond motifs is 11. The second-order valence-electron chi connectivity index (χ2n) is 21.6. The molecule has 6 aromatic rings. The van der Waals surface area contributed by atoms with E-state index in [1.165, 1.54) is 111 Å². The molecule has 13 rings (SSSR count). The lowest BCUT2D eigenvalue weighted by atomic mass is 9.26. The molecule has 2 spiro atoms. The highest BCUT2D eigenvalue weighted by Crippen LogP contribution is 2.89. The van der Waals surface area contributed by atoms with Crippen LogP contribution in [0.25, 0.3) is 22.3 Å². The molecular weight excluding hydrogens is 715 g/mol. The second kappa shape index (κ2) is 11.2. The molecule has 7 aliphatic rings. The minimum Gasteiger partial charge on any atom is -0.457 e. The highest BCUT2D eigenvalue weighted by Gasteiger charge is 2.84. The van der Waals surface area contributed by atoms with Gasteiger partial charge in [0, 0.05) is 39.0 Å². The molecule has 1 heterocycles. The van der Waals surface area contributed by atoms with Crippen LogP contribution in [0.2, 0.25) is 0 Å². The van der Waals surface area contributed by atoms with E-state index in [-0.39, 0.29) is 21.7 Å². The number of para-hydroxylation sites is 1. The summed E-state index contributed by atoms with van der Waals surface area (Å²) in [6, 6.07) is 49.2. The van der Waals surface area contributed by atoms with E-state index in [0.717, 1.165) is 23.3 Å². The van der Waals surface area contributed by atoms with Gasteiger partial charge in [-0.15, -0.1) is 0 Å². The Labute approximate surface area is 350 Å². The maximum absolute atomic E-state index is 6.92. The Hall–Kier alpha value is -5.08. The Kier molecular flexibility index (Phi) is 6.59. The van der Waals surface area contributed by atoms with Crippen LogP contribution in [0.1, 0.15) is 113 Å². The van der Waals surface area contributed by atoms with Crippen LogP contribution in [-0.2, 0) is 21.7 Å². The van der Waals surface area contributed by atoms with E-state index in [9.17, 15) is 0 Å². The molecule has 0 radical (unpaired) electrons. The van der Waals surface area contributed by atoms with E-state index in [1.807, 2.05) is 0 Å². The van der Waals surface area contributed by atoms with E-state index < -0.39 is 0 Å². The topological polar surface area (TPSA) is 12.5 Å². The van der Waals surface area contributed by atoms with Gasteiger partial charge >= 0.3 is 0 Å². The summed E-state index contributed by atoms with van der Waals surface area (Å²) >= 11 is 0. The van der Waals surface area contributed by atoms with Gasteiger partial charge in [0.1, 0.15) is 11.5 Å². The fourth-order valence-corrected chi connectivity index (χ4v) is 15.3. The van der Waals surface area contributed by atoms with Crippen LogP contribution >= 0.6 is 0 Å². The van der Waals surface area contributed by atoms with E-state index >= 15 is 0 Å². The molecule has 2 bridgehead atoms. The molecule has 0 amide bonds. The molecular formula is C57H55NO. The van der Waals surface area contributed by atoms with E-state index in [0.29, 0.717) is 17.3 Å². The smallest absolute Gasteiger partial charge is 0.131 e. The zero-order valence-corrected chi connectivity index (χ0v) is 35.5. The van der Waals surface area contributed by atoms with Crippen molar-refractivity contribution in [2.75, 3.05) is 4.90 Å². The van der Waals surface area contributed by atoms with Crippen molar-refractivity contribution in [2.45, 2.75) is 102 Å². The number of hydrogen-bond donors (Lipinski definition) is 0. The molecule has 6 atom stereocenters. The van der Waals surface area contributed by atoms with Gasteiger partial charge in [-0.2, -0.15) is 0 Å². The van der Waals surface area contributed by atoms with E-state index in [2.05, 4.69) is 174 Å². The maximum Gasteiger partial charge on any atom is 0.131 e. The fraction of sp³-hybridized carbons (Fsp3) is 0.368. The summed E-state index contributed by atoms with van der Waals surface area (Å²) < 4.78 is 6.92. The third-order valence-electron chi connectivity index (χ3n) is 17.8. The SMILES string of the molecule is CC1(C)CCC(C)(C)c2c(-c3cccc(N(c4ccc5c(c4)C(C)(C)c4ccccc4-5)c4ccc5c(c4)C4(c6ccccc6O5)C5CC6CC7CC4C75C6)c3)cccc21. The van der Waals surface area contributed by atoms with Crippen LogP contribution in [0.3, 0.4) is 0 Å². The molecule has 1 aliphatic heterocycles. The molecule has 6 unspecified atom stereocenters. The summed E-state index contributed by atoms with van der Waals surface area (Å²) in [4.78, 5) is 2.57. The van der Waals surface area contributed by atoms with Crippen molar-refractivity contribution >= 4 is 17.1 Å². The Morgan fingerprint density at radius 1 is 0.508 bits per heavy atom. The van der Waals surface area contributed by atoms with Crippen molar-refractivity contribution in [2.24, 2.45) is 29.1 Å². The van der Waals surface area contributed by atoms with Gasteiger partial charge in [-0.25, -0.2) is 0 Å². The second-order valence-corrected chi connectivity index (χ2v) is 21.6. The third-order valence-corrected chi connectivity index (χ3v) is 17.8. The van der Waals surface area contributed by atoms with Gasteiger partial charge in [0.25, 0.3) is 0 Å². The molecule has 0 saturated heterocycles. The number of ether oxygens (including phenoxy) is 1. The molecule has 0 aromatic heterocycles. The highest BCUT2D eigenvalue weighted by molar-refractivity contribution is 5.87. The van der Waals surface area contributed by atoms with Crippen LogP contribution in [0, 0.1) is 29.1 Å². The standard InChI is InChI=1S/C57H55NO/c1-53(2)25-26-54(3,4)52-40(16-12-19-45(52)53)35-13-11-14-37(29-35)58(38-21-23-42-41-15-7-8-17-43(41)55(5,6)46(42)31-38)39-22-24-49-47(32-39)57(44-18-9-10-20-48(44)59-49)50-28-34-27-36-30-51(57)56(36,50)33-34/h7-24,29,31-32,34,36,50-51H,25-28,30,33H2,1-6H3. The normalized spacial score (nSPS) is 29.5. The van der Waals surface area contributed by atoms with Gasteiger partial charge in [-0.05, 0) is 171 Å². The summed E-state index contributed by atoms with van der Waals surface area (Å²) in [6.45, 7) is 14.6. The molecule has 0 N–H and O–H groups in total. The van der Waals surface area contributed by atoms with Gasteiger partial charge in [0.15, 0.2) is 0 Å². The molecule has 6 aliphatic carbocycles. The van der Waals surface area contributed by atoms with Crippen LogP contribution in [0.15, 0.2) is 127 Å². The average Bonchev–Trinajstić information content (AvgIpc) is 3.85. The number of rotatable bonds is 4. The first-order chi connectivity index (χ1) is 28.4. The van der Waals surface area contributed by atoms with Crippen LogP contribution in [-0.4, -0.2) is 0 Å². The van der Waals surface area contributed by atoms with Gasteiger partial charge in [0.05, 0.1) is 0 Å². The summed E-state index contributed by atoms with van der Waals surface area (Å²) in [5, 5.41) is 0. The lowest BCUT2D eigenvalue weighted by Crippen LogP contribution is -2.74. The third kappa shape index (κ3) is 4.19. The summed E-state index contributed by atoms with van der Waals surface area (Å²) in [7, 11) is 0. The van der Waals surface area contributed by atoms with Gasteiger partial charge in [-0.1, -0.05) is 120 Å². The van der Waals surface area contributed by atoms with Crippen molar-refractivity contribution in [1.82, 2.24) is 0 Å². The number of benzene rings is 6. The van der Waals surface area contributed by atoms with E-state index in [4.69, 9.17) is 4.74 Å². The van der Waals surface area contributed by atoms with E-state index in [1.54, 1.807) is 0 Å². The zero-order valence-electron chi connectivity index (χ0n) is 35.5. The average molecular weight is 770 g/mol. The van der Waals surface area contributed by atoms with Crippen molar-refractivity contribution in [3.63, 3.8) is 0 Å². The Balaban J connectivity index is 1.02. The zero-order chi connectivity index (χ0) is 39.8. The Bertz CT molecular complexity index is 2800. The summed E-state index contributed by atoms with van der Waals surface area (Å²) in [6.07, 6.45) is 8.06. The lowest BCUT2D eigenvalue weighted by molar-refractivity contribution is -0.235. The van der Waals surface area contributed by atoms with Gasteiger partial charge in [0.2, 0.25) is 0 Å². The number of hydrogen-bond acceptors (Lipinski definition) is 2. The monoisotopic (exact) mass is 769 g/mol. The van der Waals surface area contributed by atoms with Crippen molar-refractivity contribution in [3.05, 3.63) is 161 Å². The van der Waals surface area contributed by atoms with Crippen molar-refractivity contribution in [3.8, 4) is 33.8 Å². The number of nitrogens with zero attached hydrogens (tertiary/aromatic N) is 1. The highest BCUT2D eigenvalue weighted by atomic mass is 16.5. The molecule has 4 saturated carbocycles. The van der Waals surface area contributed by atoms with Crippen LogP contribution in [0.5, 0.6) is 11.5 Å². The molecule has 59 heavy (non-hydrogen) atoms. The first-order valence-corrected chi connectivity index (χ1v) is 22.6. The maximum atomic E-state index is 6.92. The van der Waals surface area contributed by atoms with Crippen molar-refractivity contribution in [1.29, 1.82) is 0 Å². The van der Waals surface area contributed by atoms with Gasteiger partial charge in [-0.3, -0.25) is 0 Å². The predicted octanol–water partition coefficient (Wildman–Crippen LogP) is 14.9. The lowest BCUT2D eigenvalue weighted by Gasteiger charge is -2.77. The molecule has 2 heteroatoms.